The highest BCUT2D eigenvalue weighted by Gasteiger charge is 2.32. The van der Waals surface area contributed by atoms with E-state index >= 15 is 0 Å². The van der Waals surface area contributed by atoms with Crippen LogP contribution in [-0.4, -0.2) is 48.3 Å². The van der Waals surface area contributed by atoms with Crippen LogP contribution in [-0.2, 0) is 14.6 Å². The number of rotatable bonds is 7. The summed E-state index contributed by atoms with van der Waals surface area (Å²) in [4.78, 5) is 11.6. The van der Waals surface area contributed by atoms with E-state index in [-0.39, 0.29) is 29.1 Å². The number of thioether (sulfide) groups is 1. The number of nitrogens with one attached hydrogen (secondary N) is 1. The van der Waals surface area contributed by atoms with Crippen LogP contribution in [0.3, 0.4) is 0 Å². The zero-order valence-electron chi connectivity index (χ0n) is 12.7. The van der Waals surface area contributed by atoms with Gasteiger partial charge in [0.05, 0.1) is 23.2 Å². The van der Waals surface area contributed by atoms with Gasteiger partial charge in [-0.05, 0) is 18.8 Å². The number of hydrogen-bond acceptors (Lipinski definition) is 7. The molecule has 1 N–H and O–H groups in total. The quantitative estimate of drug-likeness (QED) is 0.740. The Morgan fingerprint density at radius 3 is 2.86 bits per heavy atom. The number of sulfone groups is 1. The topological polar surface area (TPSA) is 102 Å². The summed E-state index contributed by atoms with van der Waals surface area (Å²) in [5.41, 5.74) is 0. The van der Waals surface area contributed by atoms with E-state index in [9.17, 15) is 13.2 Å². The van der Waals surface area contributed by atoms with E-state index in [0.29, 0.717) is 30.0 Å². The molecule has 1 aliphatic rings. The van der Waals surface area contributed by atoms with E-state index in [2.05, 4.69) is 29.4 Å². The molecule has 2 heterocycles. The van der Waals surface area contributed by atoms with Crippen LogP contribution >= 0.6 is 11.8 Å². The van der Waals surface area contributed by atoms with Gasteiger partial charge in [-0.1, -0.05) is 25.6 Å². The normalized spacial score (nSPS) is 20.4. The molecule has 7 nitrogen and oxygen atoms in total. The molecule has 0 aromatic carbocycles. The van der Waals surface area contributed by atoms with E-state index in [1.165, 1.54) is 11.8 Å². The molecule has 9 heteroatoms. The maximum Gasteiger partial charge on any atom is 0.277 e. The lowest BCUT2D eigenvalue weighted by atomic mass is 10.1. The van der Waals surface area contributed by atoms with Crippen LogP contribution in [0.1, 0.15) is 38.5 Å². The second-order valence-electron chi connectivity index (χ2n) is 5.83. The number of amides is 1. The average molecular weight is 347 g/mol. The zero-order valence-corrected chi connectivity index (χ0v) is 14.4. The number of aromatic nitrogens is 2. The standard InChI is InChI=1S/C13H21N3O4S2/c1-9(2)3-5-14-11(17)7-21-13-16-15-12(20-13)10-4-6-22(18,19)8-10/h9-10H,3-8H2,1-2H3,(H,14,17)/t10-/m1/s1. The highest BCUT2D eigenvalue weighted by molar-refractivity contribution is 7.99. The van der Waals surface area contributed by atoms with Gasteiger partial charge in [0.1, 0.15) is 0 Å². The Kier molecular flexibility index (Phi) is 5.85. The van der Waals surface area contributed by atoms with Gasteiger partial charge in [-0.15, -0.1) is 10.2 Å². The average Bonchev–Trinajstić information content (AvgIpc) is 3.02. The van der Waals surface area contributed by atoms with E-state index in [1.807, 2.05) is 0 Å². The second-order valence-corrected chi connectivity index (χ2v) is 8.98. The molecule has 0 radical (unpaired) electrons. The molecular weight excluding hydrogens is 326 g/mol. The minimum Gasteiger partial charge on any atom is -0.416 e. The zero-order chi connectivity index (χ0) is 16.2. The van der Waals surface area contributed by atoms with Gasteiger partial charge in [-0.3, -0.25) is 4.79 Å². The van der Waals surface area contributed by atoms with Gasteiger partial charge in [-0.25, -0.2) is 8.42 Å². The molecule has 0 unspecified atom stereocenters. The summed E-state index contributed by atoms with van der Waals surface area (Å²) in [6.07, 6.45) is 1.46. The monoisotopic (exact) mass is 347 g/mol. The minimum atomic E-state index is -2.98. The van der Waals surface area contributed by atoms with Crippen LogP contribution in [0.25, 0.3) is 0 Å². The molecule has 1 saturated heterocycles. The van der Waals surface area contributed by atoms with Crippen molar-refractivity contribution in [1.82, 2.24) is 15.5 Å². The van der Waals surface area contributed by atoms with E-state index in [1.54, 1.807) is 0 Å². The lowest BCUT2D eigenvalue weighted by Gasteiger charge is -2.05. The maximum absolute atomic E-state index is 11.6. The third-order valence-electron chi connectivity index (χ3n) is 3.37. The Labute approximate surface area is 134 Å². The fourth-order valence-corrected chi connectivity index (χ4v) is 4.44. The molecule has 1 amide bonds. The number of carbonyl (C=O) groups is 1. The van der Waals surface area contributed by atoms with Crippen LogP contribution in [0.5, 0.6) is 0 Å². The second kappa shape index (κ2) is 7.45. The fourth-order valence-electron chi connectivity index (χ4n) is 2.11. The molecule has 1 fully saturated rings. The molecule has 1 atom stereocenters. The van der Waals surface area contributed by atoms with Crippen LogP contribution < -0.4 is 5.32 Å². The summed E-state index contributed by atoms with van der Waals surface area (Å²) in [6.45, 7) is 4.86. The molecule has 0 saturated carbocycles. The summed E-state index contributed by atoms with van der Waals surface area (Å²) < 4.78 is 28.3. The third-order valence-corrected chi connectivity index (χ3v) is 5.96. The first kappa shape index (κ1) is 17.3. The Morgan fingerprint density at radius 1 is 1.45 bits per heavy atom. The van der Waals surface area contributed by atoms with Crippen molar-refractivity contribution in [2.24, 2.45) is 5.92 Å². The lowest BCUT2D eigenvalue weighted by molar-refractivity contribution is -0.118. The molecule has 1 aromatic heterocycles. The van der Waals surface area contributed by atoms with Gasteiger partial charge in [0, 0.05) is 6.54 Å². The molecule has 0 spiro atoms. The van der Waals surface area contributed by atoms with Crippen LogP contribution in [0.4, 0.5) is 0 Å². The molecule has 2 rings (SSSR count). The smallest absolute Gasteiger partial charge is 0.277 e. The Morgan fingerprint density at radius 2 is 2.23 bits per heavy atom. The van der Waals surface area contributed by atoms with Crippen molar-refractivity contribution in [3.8, 4) is 0 Å². The van der Waals surface area contributed by atoms with Crippen molar-refractivity contribution in [1.29, 1.82) is 0 Å². The van der Waals surface area contributed by atoms with Gasteiger partial charge in [0.25, 0.3) is 5.22 Å². The number of carbonyl (C=O) groups excluding carboxylic acids is 1. The fraction of sp³-hybridized carbons (Fsp3) is 0.769. The summed E-state index contributed by atoms with van der Waals surface area (Å²) in [7, 11) is -2.98. The largest absolute Gasteiger partial charge is 0.416 e. The van der Waals surface area contributed by atoms with Gasteiger partial charge >= 0.3 is 0 Å². The van der Waals surface area contributed by atoms with Crippen molar-refractivity contribution in [3.63, 3.8) is 0 Å². The Bertz CT molecular complexity index is 613. The van der Waals surface area contributed by atoms with Crippen molar-refractivity contribution in [3.05, 3.63) is 5.89 Å². The van der Waals surface area contributed by atoms with Gasteiger partial charge in [0.2, 0.25) is 11.8 Å². The summed E-state index contributed by atoms with van der Waals surface area (Å²) in [5.74, 6) is 1.05. The van der Waals surface area contributed by atoms with Crippen LogP contribution in [0.15, 0.2) is 9.64 Å². The molecule has 22 heavy (non-hydrogen) atoms. The summed E-state index contributed by atoms with van der Waals surface area (Å²) >= 11 is 1.17. The van der Waals surface area contributed by atoms with E-state index in [0.717, 1.165) is 6.42 Å². The van der Waals surface area contributed by atoms with E-state index in [4.69, 9.17) is 4.42 Å². The highest BCUT2D eigenvalue weighted by atomic mass is 32.2. The molecular formula is C13H21N3O4S2. The third kappa shape index (κ3) is 5.28. The Balaban J connectivity index is 1.77. The van der Waals surface area contributed by atoms with Gasteiger partial charge in [-0.2, -0.15) is 0 Å². The molecule has 124 valence electrons. The number of nitrogens with zero attached hydrogens (tertiary/aromatic N) is 2. The van der Waals surface area contributed by atoms with Gasteiger partial charge < -0.3 is 9.73 Å². The first-order chi connectivity index (χ1) is 10.4. The summed E-state index contributed by atoms with van der Waals surface area (Å²) in [5, 5.41) is 10.9. The number of hydrogen-bond donors (Lipinski definition) is 1. The molecule has 0 aliphatic carbocycles. The minimum absolute atomic E-state index is 0.0645. The SMILES string of the molecule is CC(C)CCNC(=O)CSc1nnc([C@@H]2CCS(=O)(=O)C2)o1. The van der Waals surface area contributed by atoms with Crippen molar-refractivity contribution >= 4 is 27.5 Å². The predicted molar refractivity (Wildman–Crippen MR) is 83.5 cm³/mol. The Hall–Kier alpha value is -1.09. The van der Waals surface area contributed by atoms with E-state index < -0.39 is 9.84 Å². The summed E-state index contributed by atoms with van der Waals surface area (Å²) in [6, 6.07) is 0. The van der Waals surface area contributed by atoms with Crippen LogP contribution in [0, 0.1) is 5.92 Å². The first-order valence-electron chi connectivity index (χ1n) is 7.29. The lowest BCUT2D eigenvalue weighted by Crippen LogP contribution is -2.26. The van der Waals surface area contributed by atoms with Gasteiger partial charge in [0.15, 0.2) is 9.84 Å². The van der Waals surface area contributed by atoms with Crippen LogP contribution in [0.2, 0.25) is 0 Å². The molecule has 1 aliphatic heterocycles. The molecule has 1 aromatic rings. The maximum atomic E-state index is 11.6. The highest BCUT2D eigenvalue weighted by Crippen LogP contribution is 2.29. The van der Waals surface area contributed by atoms with Crippen molar-refractivity contribution in [2.75, 3.05) is 23.8 Å². The van der Waals surface area contributed by atoms with Crippen molar-refractivity contribution in [2.45, 2.75) is 37.8 Å². The predicted octanol–water partition coefficient (Wildman–Crippen LogP) is 1.23. The molecule has 0 bridgehead atoms. The first-order valence-corrected chi connectivity index (χ1v) is 10.1. The van der Waals surface area contributed by atoms with Crippen molar-refractivity contribution < 1.29 is 17.6 Å².